The van der Waals surface area contributed by atoms with Crippen LogP contribution in [-0.2, 0) is 11.3 Å². The van der Waals surface area contributed by atoms with Crippen LogP contribution in [0.5, 0.6) is 5.88 Å². The van der Waals surface area contributed by atoms with Crippen LogP contribution in [0.4, 0.5) is 0 Å². The van der Waals surface area contributed by atoms with Crippen LogP contribution in [-0.4, -0.2) is 23.0 Å². The molecular formula is C15H15N3O2. The number of aromatic nitrogens is 2. The van der Waals surface area contributed by atoms with Crippen molar-refractivity contribution in [2.24, 2.45) is 0 Å². The van der Waals surface area contributed by atoms with Gasteiger partial charge in [-0.15, -0.1) is 0 Å². The Morgan fingerprint density at radius 3 is 2.85 bits per heavy atom. The standard InChI is InChI=1S/C15H15N3O2/c1-20-15-13(3-2-8-17-15)11-18-14(19)5-4-12-6-9-16-10-7-12/h2-10H,11H2,1H3,(H,18,19)/b5-4+. The summed E-state index contributed by atoms with van der Waals surface area (Å²) in [5.74, 6) is 0.346. The van der Waals surface area contributed by atoms with Gasteiger partial charge in [-0.1, -0.05) is 6.07 Å². The number of carbonyl (C=O) groups excluding carboxylic acids is 1. The van der Waals surface area contributed by atoms with Crippen LogP contribution in [0, 0.1) is 0 Å². The summed E-state index contributed by atoms with van der Waals surface area (Å²) in [6.07, 6.45) is 8.22. The first kappa shape index (κ1) is 13.7. The third-order valence-corrected chi connectivity index (χ3v) is 2.63. The van der Waals surface area contributed by atoms with Crippen LogP contribution in [0.2, 0.25) is 0 Å². The molecule has 2 heterocycles. The van der Waals surface area contributed by atoms with E-state index < -0.39 is 0 Å². The topological polar surface area (TPSA) is 64.1 Å². The molecule has 0 radical (unpaired) electrons. The van der Waals surface area contributed by atoms with Gasteiger partial charge in [0.2, 0.25) is 11.8 Å². The van der Waals surface area contributed by atoms with Crippen LogP contribution in [0.15, 0.2) is 48.9 Å². The first-order valence-electron chi connectivity index (χ1n) is 6.13. The summed E-state index contributed by atoms with van der Waals surface area (Å²) >= 11 is 0. The first-order chi connectivity index (χ1) is 9.79. The molecule has 0 bridgehead atoms. The molecule has 1 amide bonds. The molecule has 0 unspecified atom stereocenters. The number of nitrogens with one attached hydrogen (secondary N) is 1. The second kappa shape index (κ2) is 7.04. The minimum atomic E-state index is -0.173. The number of pyridine rings is 2. The number of methoxy groups -OCH3 is 1. The molecule has 5 nitrogen and oxygen atoms in total. The van der Waals surface area contributed by atoms with Gasteiger partial charge in [-0.2, -0.15) is 0 Å². The van der Waals surface area contributed by atoms with Gasteiger partial charge in [0.25, 0.3) is 0 Å². The molecule has 1 N–H and O–H groups in total. The molecule has 20 heavy (non-hydrogen) atoms. The maximum atomic E-state index is 11.7. The molecule has 0 aromatic carbocycles. The molecule has 0 atom stereocenters. The van der Waals surface area contributed by atoms with Crippen molar-refractivity contribution >= 4 is 12.0 Å². The van der Waals surface area contributed by atoms with Gasteiger partial charge in [0, 0.05) is 36.8 Å². The fraction of sp³-hybridized carbons (Fsp3) is 0.133. The Balaban J connectivity index is 1.91. The molecule has 102 valence electrons. The van der Waals surface area contributed by atoms with E-state index in [-0.39, 0.29) is 5.91 Å². The zero-order valence-corrected chi connectivity index (χ0v) is 11.1. The molecule has 0 saturated carbocycles. The van der Waals surface area contributed by atoms with Gasteiger partial charge in [0.1, 0.15) is 0 Å². The highest BCUT2D eigenvalue weighted by atomic mass is 16.5. The van der Waals surface area contributed by atoms with Crippen LogP contribution in [0.1, 0.15) is 11.1 Å². The Morgan fingerprint density at radius 2 is 2.10 bits per heavy atom. The minimum Gasteiger partial charge on any atom is -0.481 e. The monoisotopic (exact) mass is 269 g/mol. The summed E-state index contributed by atoms with van der Waals surface area (Å²) in [6, 6.07) is 7.32. The first-order valence-corrected chi connectivity index (χ1v) is 6.13. The average molecular weight is 269 g/mol. The number of ether oxygens (including phenoxy) is 1. The third-order valence-electron chi connectivity index (χ3n) is 2.63. The van der Waals surface area contributed by atoms with Crippen molar-refractivity contribution in [2.75, 3.05) is 7.11 Å². The molecule has 0 aliphatic heterocycles. The lowest BCUT2D eigenvalue weighted by Gasteiger charge is -2.06. The van der Waals surface area contributed by atoms with Gasteiger partial charge in [-0.25, -0.2) is 4.98 Å². The summed E-state index contributed by atoms with van der Waals surface area (Å²) in [6.45, 7) is 0.372. The van der Waals surface area contributed by atoms with E-state index in [1.165, 1.54) is 6.08 Å². The Hall–Kier alpha value is -2.69. The van der Waals surface area contributed by atoms with Crippen molar-refractivity contribution in [2.45, 2.75) is 6.54 Å². The van der Waals surface area contributed by atoms with Crippen molar-refractivity contribution in [1.82, 2.24) is 15.3 Å². The number of hydrogen-bond donors (Lipinski definition) is 1. The smallest absolute Gasteiger partial charge is 0.244 e. The van der Waals surface area contributed by atoms with Gasteiger partial charge in [0.05, 0.1) is 7.11 Å². The summed E-state index contributed by atoms with van der Waals surface area (Å²) in [5, 5.41) is 2.78. The van der Waals surface area contributed by atoms with Crippen LogP contribution >= 0.6 is 0 Å². The Morgan fingerprint density at radius 1 is 1.30 bits per heavy atom. The van der Waals surface area contributed by atoms with Crippen LogP contribution < -0.4 is 10.1 Å². The van der Waals surface area contributed by atoms with Crippen molar-refractivity contribution < 1.29 is 9.53 Å². The van der Waals surface area contributed by atoms with Gasteiger partial charge < -0.3 is 10.1 Å². The maximum Gasteiger partial charge on any atom is 0.244 e. The number of nitrogens with zero attached hydrogens (tertiary/aromatic N) is 2. The lowest BCUT2D eigenvalue weighted by Crippen LogP contribution is -2.20. The van der Waals surface area contributed by atoms with Crippen molar-refractivity contribution in [3.05, 3.63) is 60.1 Å². The van der Waals surface area contributed by atoms with Gasteiger partial charge in [0.15, 0.2) is 0 Å². The highest BCUT2D eigenvalue weighted by Gasteiger charge is 2.03. The molecule has 2 rings (SSSR count). The quantitative estimate of drug-likeness (QED) is 0.841. The van der Waals surface area contributed by atoms with Crippen LogP contribution in [0.3, 0.4) is 0 Å². The Labute approximate surface area is 117 Å². The number of amides is 1. The maximum absolute atomic E-state index is 11.7. The number of hydrogen-bond acceptors (Lipinski definition) is 4. The fourth-order valence-corrected chi connectivity index (χ4v) is 1.63. The molecule has 0 spiro atoms. The summed E-state index contributed by atoms with van der Waals surface area (Å²) in [4.78, 5) is 19.7. The van der Waals surface area contributed by atoms with Crippen molar-refractivity contribution in [3.63, 3.8) is 0 Å². The van der Waals surface area contributed by atoms with Crippen molar-refractivity contribution in [3.8, 4) is 5.88 Å². The van der Waals surface area contributed by atoms with Crippen LogP contribution in [0.25, 0.3) is 6.08 Å². The summed E-state index contributed by atoms with van der Waals surface area (Å²) in [5.41, 5.74) is 1.76. The predicted octanol–water partition coefficient (Wildman–Crippen LogP) is 1.81. The van der Waals surface area contributed by atoms with Gasteiger partial charge in [-0.05, 0) is 29.8 Å². The summed E-state index contributed by atoms with van der Waals surface area (Å²) < 4.78 is 5.12. The molecule has 0 saturated heterocycles. The number of rotatable bonds is 5. The molecule has 2 aromatic rings. The van der Waals surface area contributed by atoms with E-state index in [2.05, 4.69) is 15.3 Å². The van der Waals surface area contributed by atoms with Gasteiger partial charge >= 0.3 is 0 Å². The Kier molecular flexibility index (Phi) is 4.83. The summed E-state index contributed by atoms with van der Waals surface area (Å²) in [7, 11) is 1.55. The highest BCUT2D eigenvalue weighted by Crippen LogP contribution is 2.12. The SMILES string of the molecule is COc1ncccc1CNC(=O)/C=C/c1ccncc1. The van der Waals surface area contributed by atoms with E-state index in [9.17, 15) is 4.79 Å². The molecule has 2 aromatic heterocycles. The zero-order valence-electron chi connectivity index (χ0n) is 11.1. The normalized spacial score (nSPS) is 10.4. The zero-order chi connectivity index (χ0) is 14.2. The largest absolute Gasteiger partial charge is 0.481 e. The fourth-order valence-electron chi connectivity index (χ4n) is 1.63. The van der Waals surface area contributed by atoms with E-state index in [0.717, 1.165) is 11.1 Å². The lowest BCUT2D eigenvalue weighted by molar-refractivity contribution is -0.116. The van der Waals surface area contributed by atoms with E-state index in [1.54, 1.807) is 37.8 Å². The van der Waals surface area contributed by atoms with E-state index in [4.69, 9.17) is 4.74 Å². The number of carbonyl (C=O) groups is 1. The second-order valence-corrected chi connectivity index (χ2v) is 4.00. The minimum absolute atomic E-state index is 0.173. The third kappa shape index (κ3) is 3.91. The molecular weight excluding hydrogens is 254 g/mol. The highest BCUT2D eigenvalue weighted by molar-refractivity contribution is 5.91. The Bertz CT molecular complexity index is 597. The second-order valence-electron chi connectivity index (χ2n) is 4.00. The molecule has 0 aliphatic rings. The molecule has 0 aliphatic carbocycles. The molecule has 0 fully saturated rings. The van der Waals surface area contributed by atoms with E-state index >= 15 is 0 Å². The average Bonchev–Trinajstić information content (AvgIpc) is 2.52. The molecule has 5 heteroatoms. The van der Waals surface area contributed by atoms with E-state index in [1.807, 2.05) is 18.2 Å². The predicted molar refractivity (Wildman–Crippen MR) is 75.9 cm³/mol. The van der Waals surface area contributed by atoms with E-state index in [0.29, 0.717) is 12.4 Å². The van der Waals surface area contributed by atoms with Gasteiger partial charge in [-0.3, -0.25) is 9.78 Å². The lowest BCUT2D eigenvalue weighted by atomic mass is 10.2. The van der Waals surface area contributed by atoms with Crippen molar-refractivity contribution in [1.29, 1.82) is 0 Å².